The number of anilines is 2. The van der Waals surface area contributed by atoms with Crippen molar-refractivity contribution in [1.82, 2.24) is 10.0 Å². The molecule has 0 unspecified atom stereocenters. The summed E-state index contributed by atoms with van der Waals surface area (Å²) in [4.78, 5) is 24.2. The van der Waals surface area contributed by atoms with Gasteiger partial charge in [0.2, 0.25) is 0 Å². The molecule has 1 aliphatic heterocycles. The predicted octanol–water partition coefficient (Wildman–Crippen LogP) is 2.41. The molecular weight excluding hydrogens is 291 g/mol. The largest absolute Gasteiger partial charge is 0.448 e. The average Bonchev–Trinajstić information content (AvgIpc) is 2.51. The Labute approximate surface area is 127 Å². The van der Waals surface area contributed by atoms with E-state index in [2.05, 4.69) is 5.32 Å². The van der Waals surface area contributed by atoms with Gasteiger partial charge in [0.15, 0.2) is 0 Å². The number of carbonyl (C=O) groups is 2. The number of carbonyl (C=O) groups excluding carboxylic acids is 2. The number of nitrogens with zero attached hydrogens (tertiary/aromatic N) is 2. The van der Waals surface area contributed by atoms with Gasteiger partial charge < -0.3 is 15.8 Å². The van der Waals surface area contributed by atoms with Gasteiger partial charge in [-0.1, -0.05) is 0 Å². The highest BCUT2D eigenvalue weighted by Gasteiger charge is 2.30. The van der Waals surface area contributed by atoms with Gasteiger partial charge in [-0.15, -0.1) is 0 Å². The van der Waals surface area contributed by atoms with Gasteiger partial charge in [0, 0.05) is 18.8 Å². The fraction of sp³-hybridized carbons (Fsp3) is 0.429. The third-order valence-corrected chi connectivity index (χ3v) is 3.23. The van der Waals surface area contributed by atoms with E-state index in [0.717, 1.165) is 12.8 Å². The Hall–Kier alpha value is -2.51. The molecule has 7 nitrogen and oxygen atoms in total. The molecule has 0 atom stereocenters. The smallest absolute Gasteiger partial charge is 0.428 e. The predicted molar refractivity (Wildman–Crippen MR) is 79.5 cm³/mol. The number of hydrogen-bond donors (Lipinski definition) is 2. The van der Waals surface area contributed by atoms with Crippen molar-refractivity contribution in [2.24, 2.45) is 0 Å². The molecule has 1 aromatic carbocycles. The number of hydrazine groups is 1. The molecule has 0 radical (unpaired) electrons. The monoisotopic (exact) mass is 310 g/mol. The van der Waals surface area contributed by atoms with Crippen molar-refractivity contribution in [2.45, 2.75) is 19.8 Å². The molecule has 0 saturated carbocycles. The summed E-state index contributed by atoms with van der Waals surface area (Å²) >= 11 is 0. The second-order valence-electron chi connectivity index (χ2n) is 4.82. The normalized spacial score (nSPS) is 14.6. The van der Waals surface area contributed by atoms with Crippen LogP contribution >= 0.6 is 0 Å². The van der Waals surface area contributed by atoms with Crippen molar-refractivity contribution in [3.05, 3.63) is 24.0 Å². The number of ether oxygens (including phenoxy) is 1. The van der Waals surface area contributed by atoms with E-state index in [-0.39, 0.29) is 12.3 Å². The molecule has 0 aliphatic carbocycles. The second kappa shape index (κ2) is 6.97. The molecule has 22 heavy (non-hydrogen) atoms. The summed E-state index contributed by atoms with van der Waals surface area (Å²) in [5.74, 6) is -0.595. The zero-order chi connectivity index (χ0) is 16.1. The summed E-state index contributed by atoms with van der Waals surface area (Å²) in [6.07, 6.45) is 0.934. The molecule has 1 aromatic rings. The number of benzene rings is 1. The van der Waals surface area contributed by atoms with Crippen LogP contribution in [0.25, 0.3) is 0 Å². The van der Waals surface area contributed by atoms with Gasteiger partial charge >= 0.3 is 12.1 Å². The van der Waals surface area contributed by atoms with Crippen LogP contribution in [0.4, 0.5) is 25.4 Å². The number of urea groups is 1. The lowest BCUT2D eigenvalue weighted by atomic mass is 10.2. The number of halogens is 1. The van der Waals surface area contributed by atoms with E-state index in [4.69, 9.17) is 10.5 Å². The molecule has 0 spiro atoms. The molecule has 1 fully saturated rings. The molecule has 3 N–H and O–H groups in total. The summed E-state index contributed by atoms with van der Waals surface area (Å²) in [7, 11) is 0. The van der Waals surface area contributed by atoms with Crippen LogP contribution in [0, 0.1) is 5.82 Å². The first-order valence-corrected chi connectivity index (χ1v) is 7.10. The first kappa shape index (κ1) is 15.9. The lowest BCUT2D eigenvalue weighted by Gasteiger charge is -2.37. The van der Waals surface area contributed by atoms with Crippen LogP contribution in [0.3, 0.4) is 0 Å². The SMILES string of the molecule is CCOC(=O)N1CCCCN1C(=O)Nc1cc(N)ccc1F. The molecule has 1 aliphatic rings. The lowest BCUT2D eigenvalue weighted by Crippen LogP contribution is -2.54. The van der Waals surface area contributed by atoms with E-state index in [9.17, 15) is 14.0 Å². The van der Waals surface area contributed by atoms with E-state index >= 15 is 0 Å². The Kier molecular flexibility index (Phi) is 5.03. The maximum absolute atomic E-state index is 13.7. The fourth-order valence-electron chi connectivity index (χ4n) is 2.18. The first-order chi connectivity index (χ1) is 10.5. The third kappa shape index (κ3) is 3.57. The maximum atomic E-state index is 13.7. The Morgan fingerprint density at radius 3 is 2.68 bits per heavy atom. The van der Waals surface area contributed by atoms with Crippen molar-refractivity contribution in [2.75, 3.05) is 30.7 Å². The minimum Gasteiger partial charge on any atom is -0.448 e. The Bertz CT molecular complexity index is 567. The highest BCUT2D eigenvalue weighted by molar-refractivity contribution is 5.91. The summed E-state index contributed by atoms with van der Waals surface area (Å²) < 4.78 is 18.6. The Balaban J connectivity index is 2.12. The van der Waals surface area contributed by atoms with E-state index in [1.165, 1.54) is 28.2 Å². The summed E-state index contributed by atoms with van der Waals surface area (Å²) in [6, 6.07) is 3.30. The minimum absolute atomic E-state index is 0.0283. The topological polar surface area (TPSA) is 87.9 Å². The van der Waals surface area contributed by atoms with Gasteiger partial charge in [0.1, 0.15) is 5.82 Å². The molecule has 120 valence electrons. The van der Waals surface area contributed by atoms with Gasteiger partial charge in [0.25, 0.3) is 0 Å². The van der Waals surface area contributed by atoms with Crippen molar-refractivity contribution >= 4 is 23.5 Å². The molecule has 1 saturated heterocycles. The number of amides is 3. The number of nitrogens with one attached hydrogen (secondary N) is 1. The van der Waals surface area contributed by atoms with Crippen LogP contribution in [0.2, 0.25) is 0 Å². The summed E-state index contributed by atoms with van der Waals surface area (Å²) in [5.41, 5.74) is 5.88. The fourth-order valence-corrected chi connectivity index (χ4v) is 2.18. The van der Waals surface area contributed by atoms with E-state index in [1.807, 2.05) is 0 Å². The highest BCUT2D eigenvalue weighted by atomic mass is 19.1. The maximum Gasteiger partial charge on any atom is 0.428 e. The molecular formula is C14H19FN4O3. The molecule has 2 rings (SSSR count). The number of nitrogens with two attached hydrogens (primary N) is 1. The van der Waals surface area contributed by atoms with Gasteiger partial charge in [-0.05, 0) is 38.0 Å². The summed E-state index contributed by atoms with van der Waals surface area (Å²) in [5, 5.41) is 4.89. The quantitative estimate of drug-likeness (QED) is 0.821. The Morgan fingerprint density at radius 1 is 1.32 bits per heavy atom. The molecule has 0 bridgehead atoms. The van der Waals surface area contributed by atoms with E-state index in [0.29, 0.717) is 18.8 Å². The number of nitrogen functional groups attached to an aromatic ring is 1. The van der Waals surface area contributed by atoms with Gasteiger partial charge in [0.05, 0.1) is 12.3 Å². The molecule has 8 heteroatoms. The summed E-state index contributed by atoms with van der Waals surface area (Å²) in [6.45, 7) is 2.64. The number of rotatable bonds is 2. The van der Waals surface area contributed by atoms with Crippen molar-refractivity contribution in [1.29, 1.82) is 0 Å². The lowest BCUT2D eigenvalue weighted by molar-refractivity contribution is -0.00726. The third-order valence-electron chi connectivity index (χ3n) is 3.23. The average molecular weight is 310 g/mol. The Morgan fingerprint density at radius 2 is 2.00 bits per heavy atom. The standard InChI is InChI=1S/C14H19FN4O3/c1-2-22-14(21)19-8-4-3-7-18(19)13(20)17-12-9-10(16)5-6-11(12)15/h5-6,9H,2-4,7-8,16H2,1H3,(H,17,20). The molecule has 1 heterocycles. The second-order valence-corrected chi connectivity index (χ2v) is 4.82. The highest BCUT2D eigenvalue weighted by Crippen LogP contribution is 2.20. The first-order valence-electron chi connectivity index (χ1n) is 7.10. The van der Waals surface area contributed by atoms with E-state index in [1.54, 1.807) is 6.92 Å². The van der Waals surface area contributed by atoms with E-state index < -0.39 is 17.9 Å². The van der Waals surface area contributed by atoms with Gasteiger partial charge in [-0.3, -0.25) is 0 Å². The van der Waals surface area contributed by atoms with Crippen LogP contribution < -0.4 is 11.1 Å². The van der Waals surface area contributed by atoms with Gasteiger partial charge in [-0.25, -0.2) is 24.0 Å². The van der Waals surface area contributed by atoms with Crippen LogP contribution in [0.15, 0.2) is 18.2 Å². The number of hydrogen-bond acceptors (Lipinski definition) is 4. The van der Waals surface area contributed by atoms with Crippen molar-refractivity contribution in [3.63, 3.8) is 0 Å². The molecule has 3 amide bonds. The minimum atomic E-state index is -0.600. The van der Waals surface area contributed by atoms with Crippen LogP contribution in [-0.2, 0) is 4.74 Å². The molecule has 0 aromatic heterocycles. The van der Waals surface area contributed by atoms with Gasteiger partial charge in [-0.2, -0.15) is 0 Å². The van der Waals surface area contributed by atoms with Crippen LogP contribution in [0.5, 0.6) is 0 Å². The van der Waals surface area contributed by atoms with Crippen molar-refractivity contribution < 1.29 is 18.7 Å². The van der Waals surface area contributed by atoms with Crippen LogP contribution in [0.1, 0.15) is 19.8 Å². The zero-order valence-electron chi connectivity index (χ0n) is 12.3. The zero-order valence-corrected chi connectivity index (χ0v) is 12.3. The van der Waals surface area contributed by atoms with Crippen molar-refractivity contribution in [3.8, 4) is 0 Å². The van der Waals surface area contributed by atoms with Crippen LogP contribution in [-0.4, -0.2) is 41.8 Å².